The summed E-state index contributed by atoms with van der Waals surface area (Å²) in [6.07, 6.45) is -5.13. The number of nitrogens with one attached hydrogen (secondary N) is 4. The van der Waals surface area contributed by atoms with E-state index in [1.807, 2.05) is 0 Å². The first-order valence-electron chi connectivity index (χ1n) is 9.65. The van der Waals surface area contributed by atoms with E-state index in [0.29, 0.717) is 16.8 Å². The van der Waals surface area contributed by atoms with Crippen molar-refractivity contribution in [2.75, 3.05) is 16.0 Å². The smallest absolute Gasteiger partial charge is 0.326 e. The molecule has 1 unspecified atom stereocenters. The zero-order chi connectivity index (χ0) is 24.6. The number of nitrogens with zero attached hydrogens (tertiary/aromatic N) is 1. The lowest BCUT2D eigenvalue weighted by Gasteiger charge is -2.24. The Morgan fingerprint density at radius 2 is 1.74 bits per heavy atom. The lowest BCUT2D eigenvalue weighted by Crippen LogP contribution is -2.36. The van der Waals surface area contributed by atoms with Crippen LogP contribution in [0.3, 0.4) is 0 Å². The molecule has 0 saturated carbocycles. The average Bonchev–Trinajstić information content (AvgIpc) is 2.75. The van der Waals surface area contributed by atoms with E-state index in [1.165, 1.54) is 6.07 Å². The van der Waals surface area contributed by atoms with Crippen molar-refractivity contribution in [2.45, 2.75) is 18.5 Å². The van der Waals surface area contributed by atoms with Crippen LogP contribution < -0.4 is 21.5 Å². The highest BCUT2D eigenvalue weighted by Gasteiger charge is 2.36. The van der Waals surface area contributed by atoms with E-state index in [1.54, 1.807) is 24.3 Å². The van der Waals surface area contributed by atoms with Crippen LogP contribution in [0.5, 0.6) is 0 Å². The van der Waals surface area contributed by atoms with Gasteiger partial charge in [-0.15, -0.1) is 0 Å². The average molecular weight is 512 g/mol. The molecule has 2 aromatic carbocycles. The summed E-state index contributed by atoms with van der Waals surface area (Å²) >= 11 is 11.4. The van der Waals surface area contributed by atoms with Gasteiger partial charge < -0.3 is 16.0 Å². The summed E-state index contributed by atoms with van der Waals surface area (Å²) in [5, 5.41) is 7.58. The fourth-order valence-corrected chi connectivity index (χ4v) is 3.72. The Morgan fingerprint density at radius 1 is 1.06 bits per heavy atom. The molecule has 1 atom stereocenters. The van der Waals surface area contributed by atoms with Crippen molar-refractivity contribution in [3.05, 3.63) is 74.0 Å². The van der Waals surface area contributed by atoms with E-state index >= 15 is 0 Å². The van der Waals surface area contributed by atoms with E-state index in [2.05, 4.69) is 25.9 Å². The van der Waals surface area contributed by atoms with Crippen molar-refractivity contribution < 1.29 is 22.8 Å². The number of amides is 2. The largest absolute Gasteiger partial charge is 0.417 e. The lowest BCUT2D eigenvalue weighted by molar-refractivity contribution is -0.137. The number of aromatic amines is 1. The first-order chi connectivity index (χ1) is 16.0. The van der Waals surface area contributed by atoms with E-state index in [-0.39, 0.29) is 23.0 Å². The molecule has 0 bridgehead atoms. The molecular weight excluding hydrogens is 498 g/mol. The summed E-state index contributed by atoms with van der Waals surface area (Å²) in [7, 11) is 0. The minimum absolute atomic E-state index is 0.0000455. The topological polar surface area (TPSA) is 116 Å². The molecule has 0 radical (unpaired) electrons. The van der Waals surface area contributed by atoms with Crippen molar-refractivity contribution in [3.63, 3.8) is 0 Å². The van der Waals surface area contributed by atoms with Crippen molar-refractivity contribution in [2.24, 2.45) is 0 Å². The predicted octanol–water partition coefficient (Wildman–Crippen LogP) is 4.90. The van der Waals surface area contributed by atoms with Gasteiger partial charge in [-0.3, -0.25) is 19.4 Å². The summed E-state index contributed by atoms with van der Waals surface area (Å²) in [5.41, 5.74) is -1.60. The Hall–Kier alpha value is -3.57. The minimum atomic E-state index is -4.73. The molecule has 0 aliphatic carbocycles. The van der Waals surface area contributed by atoms with Crippen LogP contribution in [0, 0.1) is 0 Å². The third kappa shape index (κ3) is 5.00. The number of fused-ring (bicyclic) bond motifs is 1. The van der Waals surface area contributed by atoms with Crippen LogP contribution in [0.25, 0.3) is 0 Å². The van der Waals surface area contributed by atoms with E-state index in [4.69, 9.17) is 23.2 Å². The molecule has 2 amide bonds. The third-order valence-electron chi connectivity index (χ3n) is 4.91. The number of H-pyrrole nitrogens is 1. The number of benzene rings is 2. The van der Waals surface area contributed by atoms with Gasteiger partial charge in [-0.05, 0) is 42.5 Å². The molecule has 34 heavy (non-hydrogen) atoms. The highest BCUT2D eigenvalue weighted by molar-refractivity contribution is 6.31. The Kier molecular flexibility index (Phi) is 6.24. The number of aromatic nitrogens is 2. The minimum Gasteiger partial charge on any atom is -0.326 e. The highest BCUT2D eigenvalue weighted by Crippen LogP contribution is 2.37. The van der Waals surface area contributed by atoms with E-state index in [9.17, 15) is 27.6 Å². The van der Waals surface area contributed by atoms with Crippen LogP contribution in [-0.2, 0) is 15.8 Å². The van der Waals surface area contributed by atoms with Gasteiger partial charge in [0, 0.05) is 22.8 Å². The molecule has 4 rings (SSSR count). The monoisotopic (exact) mass is 511 g/mol. The van der Waals surface area contributed by atoms with Crippen LogP contribution in [-0.4, -0.2) is 21.8 Å². The summed E-state index contributed by atoms with van der Waals surface area (Å²) in [4.78, 5) is 44.5. The van der Waals surface area contributed by atoms with Gasteiger partial charge in [-0.25, -0.2) is 0 Å². The van der Waals surface area contributed by atoms with Crippen LogP contribution in [0.1, 0.15) is 23.5 Å². The molecule has 13 heteroatoms. The number of carbonyl (C=O) groups is 2. The number of rotatable bonds is 4. The SMILES string of the molecule is O=C1CC(C(=O)Nc2ccc(Cl)c(C(F)(F)F)c2)c2c(nc(Nc3ccc(Cl)cc3)[nH]c2=O)N1. The Morgan fingerprint density at radius 3 is 2.41 bits per heavy atom. The summed E-state index contributed by atoms with van der Waals surface area (Å²) in [6, 6.07) is 9.35. The lowest BCUT2D eigenvalue weighted by atomic mass is 9.92. The number of anilines is 4. The molecule has 176 valence electrons. The number of carbonyl (C=O) groups excluding carboxylic acids is 2. The second-order valence-electron chi connectivity index (χ2n) is 7.30. The normalized spacial score (nSPS) is 15.3. The molecule has 0 saturated heterocycles. The van der Waals surface area contributed by atoms with Crippen molar-refractivity contribution in [3.8, 4) is 0 Å². The maximum Gasteiger partial charge on any atom is 0.417 e. The number of hydrogen-bond acceptors (Lipinski definition) is 5. The maximum absolute atomic E-state index is 13.1. The molecule has 3 aromatic rings. The van der Waals surface area contributed by atoms with Crippen molar-refractivity contribution in [1.82, 2.24) is 9.97 Å². The number of halogens is 5. The van der Waals surface area contributed by atoms with Gasteiger partial charge in [0.15, 0.2) is 0 Å². The maximum atomic E-state index is 13.1. The van der Waals surface area contributed by atoms with Crippen LogP contribution in [0.15, 0.2) is 47.3 Å². The van der Waals surface area contributed by atoms with Crippen molar-refractivity contribution in [1.29, 1.82) is 0 Å². The second-order valence-corrected chi connectivity index (χ2v) is 8.14. The number of hydrogen-bond donors (Lipinski definition) is 4. The molecule has 2 heterocycles. The molecule has 1 aliphatic rings. The van der Waals surface area contributed by atoms with Gasteiger partial charge in [-0.1, -0.05) is 23.2 Å². The third-order valence-corrected chi connectivity index (χ3v) is 5.50. The van der Waals surface area contributed by atoms with E-state index < -0.39 is 46.5 Å². The predicted molar refractivity (Wildman–Crippen MR) is 121 cm³/mol. The molecule has 4 N–H and O–H groups in total. The van der Waals surface area contributed by atoms with Gasteiger partial charge in [0.25, 0.3) is 5.56 Å². The highest BCUT2D eigenvalue weighted by atomic mass is 35.5. The van der Waals surface area contributed by atoms with E-state index in [0.717, 1.165) is 6.07 Å². The first kappa shape index (κ1) is 23.6. The van der Waals surface area contributed by atoms with Crippen LogP contribution in [0.2, 0.25) is 10.0 Å². The summed E-state index contributed by atoms with van der Waals surface area (Å²) in [6.45, 7) is 0. The fraction of sp³-hybridized carbons (Fsp3) is 0.143. The molecule has 1 aliphatic heterocycles. The van der Waals surface area contributed by atoms with Gasteiger partial charge in [-0.2, -0.15) is 18.2 Å². The van der Waals surface area contributed by atoms with Crippen LogP contribution >= 0.6 is 23.2 Å². The van der Waals surface area contributed by atoms with Crippen LogP contribution in [0.4, 0.5) is 36.3 Å². The van der Waals surface area contributed by atoms with Gasteiger partial charge in [0.05, 0.1) is 22.1 Å². The Labute approximate surface area is 199 Å². The fourth-order valence-electron chi connectivity index (χ4n) is 3.37. The zero-order valence-corrected chi connectivity index (χ0v) is 18.4. The quantitative estimate of drug-likeness (QED) is 0.397. The molecule has 1 aromatic heterocycles. The zero-order valence-electron chi connectivity index (χ0n) is 16.9. The first-order valence-corrected chi connectivity index (χ1v) is 10.4. The summed E-state index contributed by atoms with van der Waals surface area (Å²) in [5.74, 6) is -2.86. The number of alkyl halides is 3. The van der Waals surface area contributed by atoms with Gasteiger partial charge in [0.1, 0.15) is 5.82 Å². The Balaban J connectivity index is 1.62. The van der Waals surface area contributed by atoms with Gasteiger partial charge >= 0.3 is 6.18 Å². The molecule has 0 fully saturated rings. The van der Waals surface area contributed by atoms with Crippen molar-refractivity contribution >= 4 is 58.2 Å². The molecular formula is C21H14Cl2F3N5O3. The standard InChI is InChI=1S/C21H14Cl2F3N5O3/c22-9-1-3-10(4-2-9)28-20-30-17-16(19(34)31-20)12(8-15(32)29-17)18(33)27-11-5-6-14(23)13(7-11)21(24,25)26/h1-7,12H,8H2,(H,27,33)(H3,28,29,30,31,32,34). The Bertz CT molecular complexity index is 1340. The summed E-state index contributed by atoms with van der Waals surface area (Å²) < 4.78 is 39.4. The van der Waals surface area contributed by atoms with Gasteiger partial charge in [0.2, 0.25) is 17.8 Å². The second kappa shape index (κ2) is 8.99. The molecule has 0 spiro atoms. The molecule has 8 nitrogen and oxygen atoms in total.